The van der Waals surface area contributed by atoms with Crippen LogP contribution < -0.4 is 5.32 Å². The van der Waals surface area contributed by atoms with E-state index in [1.807, 2.05) is 24.9 Å². The molecule has 1 atom stereocenters. The van der Waals surface area contributed by atoms with Gasteiger partial charge < -0.3 is 9.73 Å². The van der Waals surface area contributed by atoms with Crippen LogP contribution in [-0.4, -0.2) is 39.1 Å². The second-order valence-electron chi connectivity index (χ2n) is 4.51. The second kappa shape index (κ2) is 6.25. The van der Waals surface area contributed by atoms with Gasteiger partial charge in [-0.1, -0.05) is 6.07 Å². The summed E-state index contributed by atoms with van der Waals surface area (Å²) in [7, 11) is 1.82. The molecule has 2 aromatic rings. The van der Waals surface area contributed by atoms with Crippen LogP contribution in [0.25, 0.3) is 0 Å². The number of rotatable bonds is 5. The van der Waals surface area contributed by atoms with Gasteiger partial charge in [-0.15, -0.1) is 10.2 Å². The standard InChI is InChI=1S/C13H17N5O2/c1-9(13(19)15-11-6-4-5-7-14-11)18(3)8-12-17-16-10(2)20-12/h4-7,9H,8H2,1-3H3,(H,14,15,19)/t9-/m1/s1. The van der Waals surface area contributed by atoms with E-state index >= 15 is 0 Å². The SMILES string of the molecule is Cc1nnc(CN(C)[C@H](C)C(=O)Nc2ccccn2)o1. The number of nitrogens with one attached hydrogen (secondary N) is 1. The van der Waals surface area contributed by atoms with Crippen molar-refractivity contribution in [1.29, 1.82) is 0 Å². The molecule has 0 spiro atoms. The molecule has 0 aliphatic carbocycles. The van der Waals surface area contributed by atoms with Crippen LogP contribution >= 0.6 is 0 Å². The Kier molecular flexibility index (Phi) is 4.41. The Morgan fingerprint density at radius 1 is 1.45 bits per heavy atom. The number of pyridine rings is 1. The molecule has 0 aliphatic heterocycles. The summed E-state index contributed by atoms with van der Waals surface area (Å²) in [5.41, 5.74) is 0. The molecule has 2 aromatic heterocycles. The van der Waals surface area contributed by atoms with Crippen LogP contribution in [0.4, 0.5) is 5.82 Å². The van der Waals surface area contributed by atoms with E-state index in [9.17, 15) is 4.79 Å². The fraction of sp³-hybridized carbons (Fsp3) is 0.385. The van der Waals surface area contributed by atoms with E-state index in [0.717, 1.165) is 0 Å². The normalized spacial score (nSPS) is 12.4. The zero-order chi connectivity index (χ0) is 14.5. The minimum Gasteiger partial charge on any atom is -0.424 e. The fourth-order valence-electron chi connectivity index (χ4n) is 1.62. The van der Waals surface area contributed by atoms with Gasteiger partial charge >= 0.3 is 0 Å². The van der Waals surface area contributed by atoms with Gasteiger partial charge in [0.15, 0.2) is 0 Å². The Balaban J connectivity index is 1.92. The quantitative estimate of drug-likeness (QED) is 0.883. The maximum absolute atomic E-state index is 12.1. The molecule has 0 bridgehead atoms. The van der Waals surface area contributed by atoms with Crippen molar-refractivity contribution in [3.8, 4) is 0 Å². The predicted octanol–water partition coefficient (Wildman–Crippen LogP) is 1.23. The minimum atomic E-state index is -0.343. The van der Waals surface area contributed by atoms with E-state index in [2.05, 4.69) is 20.5 Å². The van der Waals surface area contributed by atoms with Crippen LogP contribution in [0.15, 0.2) is 28.8 Å². The highest BCUT2D eigenvalue weighted by Gasteiger charge is 2.20. The van der Waals surface area contributed by atoms with E-state index < -0.39 is 0 Å². The lowest BCUT2D eigenvalue weighted by atomic mass is 10.2. The number of nitrogens with zero attached hydrogens (tertiary/aromatic N) is 4. The number of likely N-dealkylation sites (N-methyl/N-ethyl adjacent to an activating group) is 1. The predicted molar refractivity (Wildman–Crippen MR) is 72.8 cm³/mol. The highest BCUT2D eigenvalue weighted by Crippen LogP contribution is 2.07. The van der Waals surface area contributed by atoms with Gasteiger partial charge in [0.2, 0.25) is 17.7 Å². The van der Waals surface area contributed by atoms with Crippen molar-refractivity contribution in [3.63, 3.8) is 0 Å². The van der Waals surface area contributed by atoms with Crippen molar-refractivity contribution in [2.24, 2.45) is 0 Å². The molecule has 0 saturated heterocycles. The number of anilines is 1. The van der Waals surface area contributed by atoms with Crippen molar-refractivity contribution in [2.45, 2.75) is 26.4 Å². The largest absolute Gasteiger partial charge is 0.424 e. The molecule has 2 heterocycles. The van der Waals surface area contributed by atoms with Crippen LogP contribution in [0.3, 0.4) is 0 Å². The van der Waals surface area contributed by atoms with Crippen LogP contribution in [-0.2, 0) is 11.3 Å². The average Bonchev–Trinajstić information content (AvgIpc) is 2.84. The van der Waals surface area contributed by atoms with E-state index in [0.29, 0.717) is 24.1 Å². The van der Waals surface area contributed by atoms with Crippen molar-refractivity contribution in [2.75, 3.05) is 12.4 Å². The molecule has 7 nitrogen and oxygen atoms in total. The van der Waals surface area contributed by atoms with Gasteiger partial charge in [-0.2, -0.15) is 0 Å². The summed E-state index contributed by atoms with van der Waals surface area (Å²) in [4.78, 5) is 18.0. The van der Waals surface area contributed by atoms with Gasteiger partial charge in [0.1, 0.15) is 5.82 Å². The Labute approximate surface area is 117 Å². The van der Waals surface area contributed by atoms with Crippen LogP contribution in [0, 0.1) is 6.92 Å². The van der Waals surface area contributed by atoms with E-state index in [1.54, 1.807) is 25.3 Å². The summed E-state index contributed by atoms with van der Waals surface area (Å²) in [5.74, 6) is 1.40. The molecule has 7 heteroatoms. The van der Waals surface area contributed by atoms with Crippen molar-refractivity contribution in [3.05, 3.63) is 36.2 Å². The number of carbonyl (C=O) groups is 1. The van der Waals surface area contributed by atoms with Gasteiger partial charge in [0.05, 0.1) is 12.6 Å². The molecule has 0 radical (unpaired) electrons. The first-order chi connectivity index (χ1) is 9.56. The Hall–Kier alpha value is -2.28. The molecule has 106 valence electrons. The lowest BCUT2D eigenvalue weighted by Crippen LogP contribution is -2.39. The summed E-state index contributed by atoms with van der Waals surface area (Å²) < 4.78 is 5.29. The molecule has 0 aliphatic rings. The molecule has 1 amide bonds. The summed E-state index contributed by atoms with van der Waals surface area (Å²) in [5, 5.41) is 10.4. The highest BCUT2D eigenvalue weighted by atomic mass is 16.4. The number of amides is 1. The molecule has 2 rings (SSSR count). The fourth-order valence-corrected chi connectivity index (χ4v) is 1.62. The molecule has 20 heavy (non-hydrogen) atoms. The molecule has 0 unspecified atom stereocenters. The first kappa shape index (κ1) is 14.1. The number of aryl methyl sites for hydroxylation is 1. The smallest absolute Gasteiger partial charge is 0.242 e. The van der Waals surface area contributed by atoms with Crippen molar-refractivity contribution < 1.29 is 9.21 Å². The number of aromatic nitrogens is 3. The highest BCUT2D eigenvalue weighted by molar-refractivity contribution is 5.93. The van der Waals surface area contributed by atoms with Crippen molar-refractivity contribution in [1.82, 2.24) is 20.1 Å². The summed E-state index contributed by atoms with van der Waals surface area (Å²) in [6.07, 6.45) is 1.63. The molecular weight excluding hydrogens is 258 g/mol. The zero-order valence-corrected chi connectivity index (χ0v) is 11.7. The summed E-state index contributed by atoms with van der Waals surface area (Å²) >= 11 is 0. The lowest BCUT2D eigenvalue weighted by molar-refractivity contribution is -0.120. The van der Waals surface area contributed by atoms with E-state index in [-0.39, 0.29) is 11.9 Å². The third-order valence-electron chi connectivity index (χ3n) is 2.91. The van der Waals surface area contributed by atoms with Gasteiger partial charge in [-0.25, -0.2) is 4.98 Å². The first-order valence-corrected chi connectivity index (χ1v) is 6.27. The Morgan fingerprint density at radius 2 is 2.25 bits per heavy atom. The lowest BCUT2D eigenvalue weighted by Gasteiger charge is -2.21. The Bertz CT molecular complexity index is 569. The van der Waals surface area contributed by atoms with Crippen LogP contribution in [0.5, 0.6) is 0 Å². The zero-order valence-electron chi connectivity index (χ0n) is 11.7. The monoisotopic (exact) mass is 275 g/mol. The number of carbonyl (C=O) groups excluding carboxylic acids is 1. The van der Waals surface area contributed by atoms with Crippen molar-refractivity contribution >= 4 is 11.7 Å². The molecule has 1 N–H and O–H groups in total. The van der Waals surface area contributed by atoms with Gasteiger partial charge in [0.25, 0.3) is 0 Å². The number of hydrogen-bond donors (Lipinski definition) is 1. The van der Waals surface area contributed by atoms with Crippen LogP contribution in [0.2, 0.25) is 0 Å². The third-order valence-corrected chi connectivity index (χ3v) is 2.91. The summed E-state index contributed by atoms with van der Waals surface area (Å²) in [6.45, 7) is 3.95. The first-order valence-electron chi connectivity index (χ1n) is 6.27. The maximum atomic E-state index is 12.1. The average molecular weight is 275 g/mol. The summed E-state index contributed by atoms with van der Waals surface area (Å²) in [6, 6.07) is 5.01. The van der Waals surface area contributed by atoms with Gasteiger partial charge in [0, 0.05) is 13.1 Å². The Morgan fingerprint density at radius 3 is 2.85 bits per heavy atom. The number of hydrogen-bond acceptors (Lipinski definition) is 6. The molecule has 0 saturated carbocycles. The van der Waals surface area contributed by atoms with Gasteiger partial charge in [-0.05, 0) is 26.1 Å². The third kappa shape index (κ3) is 3.61. The molecule has 0 aromatic carbocycles. The minimum absolute atomic E-state index is 0.137. The second-order valence-corrected chi connectivity index (χ2v) is 4.51. The molecular formula is C13H17N5O2. The van der Waals surface area contributed by atoms with E-state index in [1.165, 1.54) is 0 Å². The maximum Gasteiger partial charge on any atom is 0.242 e. The van der Waals surface area contributed by atoms with E-state index in [4.69, 9.17) is 4.42 Å². The van der Waals surface area contributed by atoms with Crippen LogP contribution in [0.1, 0.15) is 18.7 Å². The topological polar surface area (TPSA) is 84.2 Å². The van der Waals surface area contributed by atoms with Gasteiger partial charge in [-0.3, -0.25) is 9.69 Å². The molecule has 0 fully saturated rings.